The van der Waals surface area contributed by atoms with Crippen LogP contribution in [0.3, 0.4) is 0 Å². The standard InChI is InChI=1S/C15H22N2O4S/c1-20-14-6-5-13(10-15(14)21-2)22(18,19)17-9-8-16-7-3-4-12(16)11-17/h5-6,10,12H,3-4,7-9,11H2,1-2H3/t12-/m0/s1. The summed E-state index contributed by atoms with van der Waals surface area (Å²) in [5, 5.41) is 0. The Labute approximate surface area is 131 Å². The van der Waals surface area contributed by atoms with Crippen LogP contribution in [-0.2, 0) is 10.0 Å². The highest BCUT2D eigenvalue weighted by atomic mass is 32.2. The van der Waals surface area contributed by atoms with Gasteiger partial charge in [-0.1, -0.05) is 0 Å². The molecular weight excluding hydrogens is 304 g/mol. The van der Waals surface area contributed by atoms with Gasteiger partial charge in [0.15, 0.2) is 11.5 Å². The first kappa shape index (κ1) is 15.6. The fraction of sp³-hybridized carbons (Fsp3) is 0.600. The molecule has 0 aromatic heterocycles. The Hall–Kier alpha value is -1.31. The maximum absolute atomic E-state index is 12.9. The van der Waals surface area contributed by atoms with Gasteiger partial charge >= 0.3 is 0 Å². The molecule has 0 saturated carbocycles. The molecule has 0 N–H and O–H groups in total. The lowest BCUT2D eigenvalue weighted by Gasteiger charge is -2.36. The third kappa shape index (κ3) is 2.68. The lowest BCUT2D eigenvalue weighted by atomic mass is 10.2. The minimum absolute atomic E-state index is 0.261. The van der Waals surface area contributed by atoms with Gasteiger partial charge in [0.2, 0.25) is 10.0 Å². The van der Waals surface area contributed by atoms with Crippen molar-refractivity contribution in [1.82, 2.24) is 9.21 Å². The number of benzene rings is 1. The molecular formula is C15H22N2O4S. The van der Waals surface area contributed by atoms with Crippen molar-refractivity contribution < 1.29 is 17.9 Å². The molecule has 1 atom stereocenters. The van der Waals surface area contributed by atoms with Gasteiger partial charge in [-0.3, -0.25) is 4.90 Å². The van der Waals surface area contributed by atoms with E-state index in [1.807, 2.05) is 0 Å². The van der Waals surface area contributed by atoms with Gasteiger partial charge in [0.1, 0.15) is 0 Å². The molecule has 122 valence electrons. The second kappa shape index (κ2) is 6.06. The number of hydrogen-bond donors (Lipinski definition) is 0. The quantitative estimate of drug-likeness (QED) is 0.831. The summed E-state index contributed by atoms with van der Waals surface area (Å²) in [6, 6.07) is 5.12. The van der Waals surface area contributed by atoms with Gasteiger partial charge in [0.05, 0.1) is 19.1 Å². The van der Waals surface area contributed by atoms with E-state index in [2.05, 4.69) is 4.90 Å². The summed E-state index contributed by atoms with van der Waals surface area (Å²) in [6.45, 7) is 3.04. The molecule has 0 unspecified atom stereocenters. The maximum atomic E-state index is 12.9. The van der Waals surface area contributed by atoms with E-state index in [9.17, 15) is 8.42 Å². The van der Waals surface area contributed by atoms with Crippen molar-refractivity contribution in [3.05, 3.63) is 18.2 Å². The van der Waals surface area contributed by atoms with Crippen LogP contribution in [0.25, 0.3) is 0 Å². The Morgan fingerprint density at radius 1 is 1.09 bits per heavy atom. The number of rotatable bonds is 4. The summed E-state index contributed by atoms with van der Waals surface area (Å²) >= 11 is 0. The first-order valence-electron chi connectivity index (χ1n) is 7.52. The normalized spacial score (nSPS) is 23.3. The zero-order valence-electron chi connectivity index (χ0n) is 13.0. The van der Waals surface area contributed by atoms with Crippen LogP contribution >= 0.6 is 0 Å². The summed E-state index contributed by atoms with van der Waals surface area (Å²) in [5.74, 6) is 0.963. The first-order chi connectivity index (χ1) is 10.6. The van der Waals surface area contributed by atoms with Crippen molar-refractivity contribution >= 4 is 10.0 Å². The van der Waals surface area contributed by atoms with Gasteiger partial charge in [0, 0.05) is 31.7 Å². The summed E-state index contributed by atoms with van der Waals surface area (Å²) in [4.78, 5) is 2.65. The molecule has 1 aromatic carbocycles. The van der Waals surface area contributed by atoms with Crippen molar-refractivity contribution in [1.29, 1.82) is 0 Å². The Bertz CT molecular complexity index is 647. The fourth-order valence-corrected chi connectivity index (χ4v) is 4.79. The average Bonchev–Trinajstić information content (AvgIpc) is 3.01. The van der Waals surface area contributed by atoms with Crippen molar-refractivity contribution in [2.24, 2.45) is 0 Å². The number of piperazine rings is 1. The van der Waals surface area contributed by atoms with E-state index in [4.69, 9.17) is 9.47 Å². The summed E-state index contributed by atoms with van der Waals surface area (Å²) < 4.78 is 37.7. The largest absolute Gasteiger partial charge is 0.493 e. The van der Waals surface area contributed by atoms with Gasteiger partial charge in [-0.15, -0.1) is 0 Å². The summed E-state index contributed by atoms with van der Waals surface area (Å²) in [6.07, 6.45) is 2.24. The van der Waals surface area contributed by atoms with Crippen molar-refractivity contribution in [2.45, 2.75) is 23.8 Å². The van der Waals surface area contributed by atoms with Crippen molar-refractivity contribution in [2.75, 3.05) is 40.4 Å². The van der Waals surface area contributed by atoms with Gasteiger partial charge in [-0.05, 0) is 31.5 Å². The predicted octanol–water partition coefficient (Wildman–Crippen LogP) is 1.17. The molecule has 0 aliphatic carbocycles. The highest BCUT2D eigenvalue weighted by Crippen LogP contribution is 2.32. The zero-order valence-corrected chi connectivity index (χ0v) is 13.8. The highest BCUT2D eigenvalue weighted by molar-refractivity contribution is 7.89. The van der Waals surface area contributed by atoms with E-state index in [1.54, 1.807) is 16.4 Å². The Kier molecular flexibility index (Phi) is 4.29. The average molecular weight is 326 g/mol. The number of ether oxygens (including phenoxy) is 2. The number of hydrogen-bond acceptors (Lipinski definition) is 5. The van der Waals surface area contributed by atoms with Crippen LogP contribution in [-0.4, -0.2) is 64.1 Å². The van der Waals surface area contributed by atoms with Gasteiger partial charge in [0.25, 0.3) is 0 Å². The predicted molar refractivity (Wildman–Crippen MR) is 82.9 cm³/mol. The van der Waals surface area contributed by atoms with E-state index < -0.39 is 10.0 Å². The molecule has 0 radical (unpaired) electrons. The smallest absolute Gasteiger partial charge is 0.243 e. The Morgan fingerprint density at radius 3 is 2.59 bits per heavy atom. The Balaban J connectivity index is 1.86. The van der Waals surface area contributed by atoms with Crippen LogP contribution in [0.1, 0.15) is 12.8 Å². The number of methoxy groups -OCH3 is 2. The molecule has 2 aliphatic heterocycles. The molecule has 0 spiro atoms. The lowest BCUT2D eigenvalue weighted by Crippen LogP contribution is -2.51. The second-order valence-electron chi connectivity index (χ2n) is 5.71. The van der Waals surface area contributed by atoms with Crippen molar-refractivity contribution in [3.8, 4) is 11.5 Å². The van der Waals surface area contributed by atoms with Crippen molar-refractivity contribution in [3.63, 3.8) is 0 Å². The molecule has 6 nitrogen and oxygen atoms in total. The first-order valence-corrected chi connectivity index (χ1v) is 8.96. The van der Waals surface area contributed by atoms with Crippen LogP contribution < -0.4 is 9.47 Å². The molecule has 2 heterocycles. The maximum Gasteiger partial charge on any atom is 0.243 e. The lowest BCUT2D eigenvalue weighted by molar-refractivity contribution is 0.158. The second-order valence-corrected chi connectivity index (χ2v) is 7.65. The minimum Gasteiger partial charge on any atom is -0.493 e. The third-order valence-corrected chi connectivity index (χ3v) is 6.40. The summed E-state index contributed by atoms with van der Waals surface area (Å²) in [5.41, 5.74) is 0. The molecule has 2 aliphatic rings. The van der Waals surface area contributed by atoms with Crippen LogP contribution in [0.4, 0.5) is 0 Å². The summed E-state index contributed by atoms with van der Waals surface area (Å²) in [7, 11) is -0.449. The Morgan fingerprint density at radius 2 is 1.86 bits per heavy atom. The zero-order chi connectivity index (χ0) is 15.7. The fourth-order valence-electron chi connectivity index (χ4n) is 3.31. The minimum atomic E-state index is -3.49. The van der Waals surface area contributed by atoms with Crippen LogP contribution in [0.2, 0.25) is 0 Å². The topological polar surface area (TPSA) is 59.1 Å². The molecule has 0 amide bonds. The SMILES string of the molecule is COc1ccc(S(=O)(=O)N2CCN3CCC[C@H]3C2)cc1OC. The molecule has 0 bridgehead atoms. The molecule has 22 heavy (non-hydrogen) atoms. The highest BCUT2D eigenvalue weighted by Gasteiger charge is 2.36. The molecule has 7 heteroatoms. The number of fused-ring (bicyclic) bond motifs is 1. The van der Waals surface area contributed by atoms with Gasteiger partial charge < -0.3 is 9.47 Å². The molecule has 3 rings (SSSR count). The molecule has 1 aromatic rings. The van der Waals surface area contributed by atoms with Crippen LogP contribution in [0.15, 0.2) is 23.1 Å². The van der Waals surface area contributed by atoms with E-state index >= 15 is 0 Å². The monoisotopic (exact) mass is 326 g/mol. The number of sulfonamides is 1. The van der Waals surface area contributed by atoms with Gasteiger partial charge in [-0.25, -0.2) is 8.42 Å². The van der Waals surface area contributed by atoms with Crippen LogP contribution in [0.5, 0.6) is 11.5 Å². The van der Waals surface area contributed by atoms with E-state index in [1.165, 1.54) is 20.3 Å². The third-order valence-electron chi connectivity index (χ3n) is 4.54. The van der Waals surface area contributed by atoms with E-state index in [0.717, 1.165) is 25.9 Å². The van der Waals surface area contributed by atoms with E-state index in [-0.39, 0.29) is 4.90 Å². The molecule has 2 saturated heterocycles. The van der Waals surface area contributed by atoms with Gasteiger partial charge in [-0.2, -0.15) is 4.31 Å². The molecule has 2 fully saturated rings. The van der Waals surface area contributed by atoms with Crippen LogP contribution in [0, 0.1) is 0 Å². The number of nitrogens with zero attached hydrogens (tertiary/aromatic N) is 2. The van der Waals surface area contributed by atoms with E-state index in [0.29, 0.717) is 30.6 Å².